The lowest BCUT2D eigenvalue weighted by Crippen LogP contribution is -2.31. The molecule has 1 atom stereocenters. The molecule has 1 unspecified atom stereocenters. The van der Waals surface area contributed by atoms with Crippen molar-refractivity contribution in [3.8, 4) is 0 Å². The zero-order valence-corrected chi connectivity index (χ0v) is 20.9. The van der Waals surface area contributed by atoms with Crippen molar-refractivity contribution in [3.63, 3.8) is 0 Å². The Kier molecular flexibility index (Phi) is 6.54. The molecule has 0 aliphatic carbocycles. The fourth-order valence-electron chi connectivity index (χ4n) is 3.65. The molecule has 0 spiro atoms. The van der Waals surface area contributed by atoms with Gasteiger partial charge in [0, 0.05) is 10.2 Å². The molecule has 11 heteroatoms. The summed E-state index contributed by atoms with van der Waals surface area (Å²) in [5, 5.41) is 19.2. The number of furan rings is 1. The molecule has 1 aliphatic rings. The van der Waals surface area contributed by atoms with Crippen LogP contribution in [0, 0.1) is 5.82 Å². The molecule has 0 fully saturated rings. The summed E-state index contributed by atoms with van der Waals surface area (Å²) in [5.74, 6) is -2.02. The van der Waals surface area contributed by atoms with Gasteiger partial charge in [0.05, 0.1) is 17.9 Å². The van der Waals surface area contributed by atoms with Gasteiger partial charge in [0.2, 0.25) is 10.9 Å². The number of aromatic nitrogens is 2. The van der Waals surface area contributed by atoms with Gasteiger partial charge in [-0.3, -0.25) is 14.5 Å². The molecule has 2 aromatic heterocycles. The van der Waals surface area contributed by atoms with Crippen molar-refractivity contribution in [2.24, 2.45) is 0 Å². The van der Waals surface area contributed by atoms with Gasteiger partial charge < -0.3 is 9.52 Å². The fourth-order valence-corrected chi connectivity index (χ4v) is 5.77. The number of ketones is 1. The van der Waals surface area contributed by atoms with E-state index >= 15 is 0 Å². The second kappa shape index (κ2) is 9.76. The lowest BCUT2D eigenvalue weighted by molar-refractivity contribution is -0.117. The first-order chi connectivity index (χ1) is 16.9. The molecule has 35 heavy (non-hydrogen) atoms. The number of aliphatic hydroxyl groups is 1. The average Bonchev–Trinajstić information content (AvgIpc) is 3.60. The molecule has 4 aromatic rings. The molecular formula is C24H15BrFN3O4S2. The van der Waals surface area contributed by atoms with Crippen LogP contribution in [0.25, 0.3) is 0 Å². The first-order valence-electron chi connectivity index (χ1n) is 10.2. The number of rotatable bonds is 7. The predicted octanol–water partition coefficient (Wildman–Crippen LogP) is 6.11. The molecule has 1 amide bonds. The van der Waals surface area contributed by atoms with E-state index < -0.39 is 23.5 Å². The van der Waals surface area contributed by atoms with Crippen LogP contribution in [-0.4, -0.2) is 27.0 Å². The molecule has 2 aromatic carbocycles. The van der Waals surface area contributed by atoms with Gasteiger partial charge in [-0.1, -0.05) is 69.4 Å². The number of anilines is 1. The number of carbonyl (C=O) groups is 2. The fraction of sp³-hybridized carbons (Fsp3) is 0.0833. The second-order valence-electron chi connectivity index (χ2n) is 7.43. The maximum atomic E-state index is 14.0. The van der Waals surface area contributed by atoms with E-state index in [0.717, 1.165) is 15.8 Å². The normalized spacial score (nSPS) is 15.8. The quantitative estimate of drug-likeness (QED) is 0.162. The van der Waals surface area contributed by atoms with E-state index in [-0.39, 0.29) is 22.3 Å². The Labute approximate surface area is 215 Å². The van der Waals surface area contributed by atoms with Gasteiger partial charge in [0.25, 0.3) is 5.91 Å². The second-order valence-corrected chi connectivity index (χ2v) is 10.5. The summed E-state index contributed by atoms with van der Waals surface area (Å²) in [6.45, 7) is 0. The number of carbonyl (C=O) groups excluding carboxylic acids is 2. The van der Waals surface area contributed by atoms with Crippen molar-refractivity contribution < 1.29 is 23.5 Å². The Bertz CT molecular complexity index is 1440. The first kappa shape index (κ1) is 23.5. The molecule has 0 bridgehead atoms. The Morgan fingerprint density at radius 1 is 1.14 bits per heavy atom. The largest absolute Gasteiger partial charge is 0.503 e. The zero-order valence-electron chi connectivity index (χ0n) is 17.7. The summed E-state index contributed by atoms with van der Waals surface area (Å²) in [7, 11) is 0. The van der Waals surface area contributed by atoms with Crippen LogP contribution in [0.3, 0.4) is 0 Å². The van der Waals surface area contributed by atoms with E-state index in [9.17, 15) is 19.1 Å². The number of nitrogens with zero attached hydrogens (tertiary/aromatic N) is 3. The van der Waals surface area contributed by atoms with E-state index in [2.05, 4.69) is 26.1 Å². The summed E-state index contributed by atoms with van der Waals surface area (Å²) in [6, 6.07) is 15.6. The highest BCUT2D eigenvalue weighted by molar-refractivity contribution is 9.10. The third-order valence-corrected chi connectivity index (χ3v) is 7.93. The standard InChI is InChI=1S/C24H15BrFN3O4S2/c25-15-9-7-13(8-10-15)19-18(20(30)17-6-3-11-33-17)21(31)22(32)29(19)23-27-28-24(35-23)34-12-14-4-1-2-5-16(14)26/h1-11,19,31H,12H2. The van der Waals surface area contributed by atoms with E-state index in [1.54, 1.807) is 48.5 Å². The zero-order chi connectivity index (χ0) is 24.5. The van der Waals surface area contributed by atoms with Gasteiger partial charge in [0.1, 0.15) is 5.82 Å². The summed E-state index contributed by atoms with van der Waals surface area (Å²) in [5.41, 5.74) is 1.00. The monoisotopic (exact) mass is 571 g/mol. The Morgan fingerprint density at radius 3 is 2.63 bits per heavy atom. The molecule has 0 radical (unpaired) electrons. The number of aliphatic hydroxyl groups excluding tert-OH is 1. The minimum Gasteiger partial charge on any atom is -0.503 e. The number of hydrogen-bond donors (Lipinski definition) is 1. The third-order valence-electron chi connectivity index (χ3n) is 5.29. The molecule has 176 valence electrons. The summed E-state index contributed by atoms with van der Waals surface area (Å²) in [6.07, 6.45) is 1.35. The molecule has 0 saturated heterocycles. The van der Waals surface area contributed by atoms with Crippen LogP contribution in [0.1, 0.15) is 27.7 Å². The smallest absolute Gasteiger partial charge is 0.296 e. The van der Waals surface area contributed by atoms with Crippen molar-refractivity contribution in [1.82, 2.24) is 10.2 Å². The highest BCUT2D eigenvalue weighted by Crippen LogP contribution is 2.44. The van der Waals surface area contributed by atoms with Crippen LogP contribution in [0.15, 0.2) is 91.5 Å². The van der Waals surface area contributed by atoms with Gasteiger partial charge in [0.15, 0.2) is 15.9 Å². The van der Waals surface area contributed by atoms with Crippen LogP contribution in [0.5, 0.6) is 0 Å². The van der Waals surface area contributed by atoms with E-state index in [1.165, 1.54) is 35.1 Å². The first-order valence-corrected chi connectivity index (χ1v) is 12.8. The Morgan fingerprint density at radius 2 is 1.91 bits per heavy atom. The van der Waals surface area contributed by atoms with E-state index in [0.29, 0.717) is 21.2 Å². The van der Waals surface area contributed by atoms with Crippen molar-refractivity contribution in [3.05, 3.63) is 105 Å². The van der Waals surface area contributed by atoms with E-state index in [1.807, 2.05) is 0 Å². The van der Waals surface area contributed by atoms with Crippen LogP contribution in [0.4, 0.5) is 9.52 Å². The lowest BCUT2D eigenvalue weighted by Gasteiger charge is -2.23. The van der Waals surface area contributed by atoms with Gasteiger partial charge in [-0.25, -0.2) is 4.39 Å². The van der Waals surface area contributed by atoms with Crippen LogP contribution in [-0.2, 0) is 10.5 Å². The van der Waals surface area contributed by atoms with Gasteiger partial charge in [-0.15, -0.1) is 10.2 Å². The number of thioether (sulfide) groups is 1. The van der Waals surface area contributed by atoms with Gasteiger partial charge in [-0.2, -0.15) is 0 Å². The summed E-state index contributed by atoms with van der Waals surface area (Å²) in [4.78, 5) is 27.6. The number of benzene rings is 2. The average molecular weight is 572 g/mol. The van der Waals surface area contributed by atoms with Crippen molar-refractivity contribution >= 4 is 55.9 Å². The predicted molar refractivity (Wildman–Crippen MR) is 133 cm³/mol. The Balaban J connectivity index is 1.49. The maximum Gasteiger partial charge on any atom is 0.296 e. The summed E-state index contributed by atoms with van der Waals surface area (Å²) < 4.78 is 20.5. The number of amides is 1. The highest BCUT2D eigenvalue weighted by atomic mass is 79.9. The molecule has 7 nitrogen and oxygen atoms in total. The SMILES string of the molecule is O=C(C1=C(O)C(=O)N(c2nnc(SCc3ccccc3F)s2)C1c1ccc(Br)cc1)c1ccco1. The molecule has 1 N–H and O–H groups in total. The molecular weight excluding hydrogens is 557 g/mol. The molecule has 1 aliphatic heterocycles. The lowest BCUT2D eigenvalue weighted by atomic mass is 9.95. The number of hydrogen-bond acceptors (Lipinski definition) is 8. The van der Waals surface area contributed by atoms with Crippen LogP contribution >= 0.6 is 39.0 Å². The molecule has 0 saturated carbocycles. The van der Waals surface area contributed by atoms with Crippen molar-refractivity contribution in [2.75, 3.05) is 4.90 Å². The maximum absolute atomic E-state index is 14.0. The number of halogens is 2. The van der Waals surface area contributed by atoms with Crippen LogP contribution < -0.4 is 4.90 Å². The molecule has 5 rings (SSSR count). The van der Waals surface area contributed by atoms with Crippen LogP contribution in [0.2, 0.25) is 0 Å². The van der Waals surface area contributed by atoms with Crippen molar-refractivity contribution in [2.45, 2.75) is 16.1 Å². The van der Waals surface area contributed by atoms with Gasteiger partial charge in [-0.05, 0) is 41.5 Å². The highest BCUT2D eigenvalue weighted by Gasteiger charge is 2.46. The Hall–Kier alpha value is -3.28. The minimum absolute atomic E-state index is 0.00158. The van der Waals surface area contributed by atoms with Crippen molar-refractivity contribution in [1.29, 1.82) is 0 Å². The minimum atomic E-state index is -0.939. The third kappa shape index (κ3) is 4.54. The van der Waals surface area contributed by atoms with E-state index in [4.69, 9.17) is 4.42 Å². The topological polar surface area (TPSA) is 96.5 Å². The van der Waals surface area contributed by atoms with Gasteiger partial charge >= 0.3 is 0 Å². The molecule has 3 heterocycles. The number of Topliss-reactive ketones (excluding diaryl/α,β-unsaturated/α-hetero) is 1. The summed E-state index contributed by atoms with van der Waals surface area (Å²) >= 11 is 5.78.